The predicted molar refractivity (Wildman–Crippen MR) is 128 cm³/mol. The molecule has 1 unspecified atom stereocenters. The molecular formula is C25H27N3O7. The zero-order chi connectivity index (χ0) is 26.1. The highest BCUT2D eigenvalue weighted by atomic mass is 16.5. The first-order valence-corrected chi connectivity index (χ1v) is 10.7. The van der Waals surface area contributed by atoms with Gasteiger partial charge in [0.15, 0.2) is 0 Å². The van der Waals surface area contributed by atoms with E-state index < -0.39 is 29.9 Å². The lowest BCUT2D eigenvalue weighted by molar-refractivity contribution is -0.148. The Balaban J connectivity index is 2.08. The van der Waals surface area contributed by atoms with Gasteiger partial charge in [-0.3, -0.25) is 15.0 Å². The van der Waals surface area contributed by atoms with Crippen molar-refractivity contribution < 1.29 is 33.8 Å². The van der Waals surface area contributed by atoms with E-state index in [9.17, 15) is 24.3 Å². The molecule has 4 N–H and O–H groups in total. The zero-order valence-electron chi connectivity index (χ0n) is 19.6. The summed E-state index contributed by atoms with van der Waals surface area (Å²) in [6.07, 6.45) is -0.00330. The van der Waals surface area contributed by atoms with Gasteiger partial charge in [0.1, 0.15) is 11.6 Å². The average molecular weight is 482 g/mol. The van der Waals surface area contributed by atoms with Crippen molar-refractivity contribution in [3.05, 3.63) is 70.8 Å². The van der Waals surface area contributed by atoms with Crippen molar-refractivity contribution in [2.45, 2.75) is 20.8 Å². The van der Waals surface area contributed by atoms with Gasteiger partial charge in [-0.05, 0) is 61.9 Å². The number of nitrogens with two attached hydrogens (primary N) is 1. The Morgan fingerprint density at radius 2 is 1.63 bits per heavy atom. The first-order valence-electron chi connectivity index (χ1n) is 10.7. The first kappa shape index (κ1) is 26.8. The average Bonchev–Trinajstić information content (AvgIpc) is 2.82. The number of hydrogen-bond donors (Lipinski definition) is 3. The van der Waals surface area contributed by atoms with Crippen molar-refractivity contribution in [3.63, 3.8) is 0 Å². The lowest BCUT2D eigenvalue weighted by Gasteiger charge is -2.21. The number of amides is 2. The minimum absolute atomic E-state index is 0.0970. The Hall–Kier alpha value is -4.47. The molecule has 0 aliphatic heterocycles. The van der Waals surface area contributed by atoms with Crippen LogP contribution in [0.1, 0.15) is 42.3 Å². The SMILES string of the molecule is CCOC(=O)C(C)CN(C(=O)O)C(=O)C(C)=Cc1ccc(C(=O)Oc2ccc(C(=N)N)cc2)cc1. The third-order valence-corrected chi connectivity index (χ3v) is 4.86. The number of amidine groups is 1. The molecule has 10 nitrogen and oxygen atoms in total. The fraction of sp³-hybridized carbons (Fsp3) is 0.240. The molecule has 35 heavy (non-hydrogen) atoms. The second kappa shape index (κ2) is 12.1. The summed E-state index contributed by atoms with van der Waals surface area (Å²) in [5.41, 5.74) is 6.85. The fourth-order valence-electron chi connectivity index (χ4n) is 2.99. The number of hydrogen-bond acceptors (Lipinski definition) is 7. The summed E-state index contributed by atoms with van der Waals surface area (Å²) >= 11 is 0. The number of imide groups is 1. The molecule has 2 aromatic carbocycles. The Morgan fingerprint density at radius 3 is 2.14 bits per heavy atom. The van der Waals surface area contributed by atoms with E-state index in [-0.39, 0.29) is 35.9 Å². The maximum atomic E-state index is 12.7. The minimum atomic E-state index is -1.48. The minimum Gasteiger partial charge on any atom is -0.466 e. The number of nitrogen functional groups attached to an aromatic ring is 1. The number of nitrogens with one attached hydrogen (secondary N) is 1. The van der Waals surface area contributed by atoms with Crippen LogP contribution in [0.5, 0.6) is 5.75 Å². The normalized spacial score (nSPS) is 11.8. The van der Waals surface area contributed by atoms with Crippen LogP contribution < -0.4 is 10.5 Å². The number of rotatable bonds is 9. The molecule has 0 saturated carbocycles. The van der Waals surface area contributed by atoms with Gasteiger partial charge >= 0.3 is 18.0 Å². The summed E-state index contributed by atoms with van der Waals surface area (Å²) < 4.78 is 10.2. The summed E-state index contributed by atoms with van der Waals surface area (Å²) in [6.45, 7) is 4.39. The lowest BCUT2D eigenvalue weighted by Crippen LogP contribution is -2.41. The number of nitrogens with zero attached hydrogens (tertiary/aromatic N) is 1. The molecule has 0 aliphatic rings. The van der Waals surface area contributed by atoms with Crippen LogP contribution in [0.2, 0.25) is 0 Å². The van der Waals surface area contributed by atoms with Crippen molar-refractivity contribution in [1.82, 2.24) is 4.90 Å². The van der Waals surface area contributed by atoms with E-state index >= 15 is 0 Å². The molecule has 0 spiro atoms. The maximum Gasteiger partial charge on any atom is 0.414 e. The van der Waals surface area contributed by atoms with Crippen molar-refractivity contribution in [3.8, 4) is 5.75 Å². The molecule has 1 atom stereocenters. The summed E-state index contributed by atoms with van der Waals surface area (Å²) in [7, 11) is 0. The van der Waals surface area contributed by atoms with Gasteiger partial charge in [-0.25, -0.2) is 14.5 Å². The van der Waals surface area contributed by atoms with E-state index in [1.807, 2.05) is 0 Å². The van der Waals surface area contributed by atoms with E-state index in [0.717, 1.165) is 0 Å². The van der Waals surface area contributed by atoms with Crippen LogP contribution in [-0.4, -0.2) is 52.9 Å². The smallest absolute Gasteiger partial charge is 0.414 e. The summed E-state index contributed by atoms with van der Waals surface area (Å²) in [5, 5.41) is 16.8. The number of carbonyl (C=O) groups is 4. The van der Waals surface area contributed by atoms with Crippen LogP contribution in [0.25, 0.3) is 6.08 Å². The Bertz CT molecular complexity index is 1140. The Kier molecular flexibility index (Phi) is 9.27. The van der Waals surface area contributed by atoms with Gasteiger partial charge < -0.3 is 20.3 Å². The standard InChI is InChI=1S/C25H27N3O7/c1-4-34-23(30)16(3)14-28(25(32)33)22(29)15(2)13-17-5-7-19(8-6-17)24(31)35-20-11-9-18(10-12-20)21(26)27/h5-13,16H,4,14H2,1-3H3,(H3,26,27)(H,32,33). The molecule has 0 fully saturated rings. The third-order valence-electron chi connectivity index (χ3n) is 4.86. The molecule has 0 saturated heterocycles. The van der Waals surface area contributed by atoms with Gasteiger partial charge in [-0.15, -0.1) is 0 Å². The second-order valence-corrected chi connectivity index (χ2v) is 7.63. The highest BCUT2D eigenvalue weighted by Crippen LogP contribution is 2.16. The summed E-state index contributed by atoms with van der Waals surface area (Å²) in [4.78, 5) is 49.0. The molecule has 0 aromatic heterocycles. The molecule has 184 valence electrons. The molecule has 0 radical (unpaired) electrons. The van der Waals surface area contributed by atoms with Crippen LogP contribution in [-0.2, 0) is 14.3 Å². The molecule has 2 aromatic rings. The molecule has 2 rings (SSSR count). The summed E-state index contributed by atoms with van der Waals surface area (Å²) in [6, 6.07) is 12.4. The van der Waals surface area contributed by atoms with E-state index in [0.29, 0.717) is 16.0 Å². The van der Waals surface area contributed by atoms with Crippen LogP contribution >= 0.6 is 0 Å². The number of ether oxygens (including phenoxy) is 2. The number of benzene rings is 2. The quantitative estimate of drug-likeness (QED) is 0.162. The van der Waals surface area contributed by atoms with E-state index in [1.165, 1.54) is 44.2 Å². The summed E-state index contributed by atoms with van der Waals surface area (Å²) in [5.74, 6) is -2.59. The van der Waals surface area contributed by atoms with Crippen molar-refractivity contribution >= 4 is 35.9 Å². The second-order valence-electron chi connectivity index (χ2n) is 7.63. The highest BCUT2D eigenvalue weighted by molar-refractivity contribution is 6.04. The lowest BCUT2D eigenvalue weighted by atomic mass is 10.1. The fourth-order valence-corrected chi connectivity index (χ4v) is 2.99. The van der Waals surface area contributed by atoms with E-state index in [2.05, 4.69) is 0 Å². The zero-order valence-corrected chi connectivity index (χ0v) is 19.6. The molecule has 0 heterocycles. The van der Waals surface area contributed by atoms with Crippen LogP contribution in [0.4, 0.5) is 4.79 Å². The van der Waals surface area contributed by atoms with Crippen molar-refractivity contribution in [2.75, 3.05) is 13.2 Å². The van der Waals surface area contributed by atoms with E-state index in [4.69, 9.17) is 20.6 Å². The highest BCUT2D eigenvalue weighted by Gasteiger charge is 2.27. The van der Waals surface area contributed by atoms with Crippen molar-refractivity contribution in [2.24, 2.45) is 11.7 Å². The van der Waals surface area contributed by atoms with Crippen LogP contribution in [0, 0.1) is 11.3 Å². The molecule has 2 amide bonds. The molecule has 0 bridgehead atoms. The van der Waals surface area contributed by atoms with Crippen LogP contribution in [0.3, 0.4) is 0 Å². The van der Waals surface area contributed by atoms with Gasteiger partial charge in [0.2, 0.25) is 0 Å². The Labute approximate surface area is 202 Å². The van der Waals surface area contributed by atoms with Crippen LogP contribution in [0.15, 0.2) is 54.1 Å². The van der Waals surface area contributed by atoms with Crippen molar-refractivity contribution in [1.29, 1.82) is 5.41 Å². The van der Waals surface area contributed by atoms with Gasteiger partial charge in [-0.1, -0.05) is 19.1 Å². The third kappa shape index (κ3) is 7.53. The number of carbonyl (C=O) groups excluding carboxylic acids is 3. The largest absolute Gasteiger partial charge is 0.466 e. The van der Waals surface area contributed by atoms with Gasteiger partial charge in [0.25, 0.3) is 5.91 Å². The number of esters is 2. The molecule has 10 heteroatoms. The van der Waals surface area contributed by atoms with Gasteiger partial charge in [0.05, 0.1) is 18.1 Å². The molecule has 0 aliphatic carbocycles. The molecular weight excluding hydrogens is 454 g/mol. The first-order chi connectivity index (χ1) is 16.5. The number of carboxylic acid groups (broad SMARTS) is 1. The maximum absolute atomic E-state index is 12.7. The predicted octanol–water partition coefficient (Wildman–Crippen LogP) is 3.30. The van der Waals surface area contributed by atoms with Gasteiger partial charge in [-0.2, -0.15) is 0 Å². The Morgan fingerprint density at radius 1 is 1.06 bits per heavy atom. The monoisotopic (exact) mass is 481 g/mol. The van der Waals surface area contributed by atoms with Gasteiger partial charge in [0, 0.05) is 17.7 Å². The topological polar surface area (TPSA) is 160 Å². The van der Waals surface area contributed by atoms with E-state index in [1.54, 1.807) is 31.2 Å².